The van der Waals surface area contributed by atoms with E-state index >= 15 is 0 Å². The summed E-state index contributed by atoms with van der Waals surface area (Å²) in [6.07, 6.45) is 0.908. The second-order valence-electron chi connectivity index (χ2n) is 7.89. The van der Waals surface area contributed by atoms with Crippen molar-refractivity contribution >= 4 is 0 Å². The Labute approximate surface area is 140 Å². The van der Waals surface area contributed by atoms with Crippen LogP contribution in [0, 0.1) is 0 Å². The number of benzene rings is 2. The monoisotopic (exact) mass is 312 g/mol. The third-order valence-electron chi connectivity index (χ3n) is 3.10. The second kappa shape index (κ2) is 6.66. The van der Waals surface area contributed by atoms with Gasteiger partial charge in [0.05, 0.1) is 0 Å². The van der Waals surface area contributed by atoms with Crippen LogP contribution in [0.25, 0.3) is 0 Å². The first kappa shape index (κ1) is 17.4. The largest absolute Gasteiger partial charge is 0.488 e. The van der Waals surface area contributed by atoms with Gasteiger partial charge in [-0.3, -0.25) is 0 Å². The van der Waals surface area contributed by atoms with Crippen LogP contribution in [0.2, 0.25) is 0 Å². The van der Waals surface area contributed by atoms with Crippen molar-refractivity contribution in [2.75, 3.05) is 0 Å². The number of hydrogen-bond donors (Lipinski definition) is 0. The lowest BCUT2D eigenvalue weighted by Crippen LogP contribution is -2.22. The molecule has 0 radical (unpaired) electrons. The van der Waals surface area contributed by atoms with Crippen molar-refractivity contribution in [2.24, 2.45) is 0 Å². The van der Waals surface area contributed by atoms with Crippen molar-refractivity contribution in [1.82, 2.24) is 0 Å². The Bertz CT molecular complexity index is 553. The third kappa shape index (κ3) is 6.35. The molecular weight excluding hydrogens is 284 g/mol. The predicted octanol–water partition coefficient (Wildman–Crippen LogP) is 5.63. The summed E-state index contributed by atoms with van der Waals surface area (Å²) in [6, 6.07) is 16.7. The average molecular weight is 312 g/mol. The number of hydrogen-bond acceptors (Lipinski definition) is 2. The Morgan fingerprint density at radius 2 is 0.870 bits per heavy atom. The minimum atomic E-state index is -0.162. The molecule has 23 heavy (non-hydrogen) atoms. The molecule has 2 rings (SSSR count). The molecule has 0 amide bonds. The average Bonchev–Trinajstić information content (AvgIpc) is 2.40. The lowest BCUT2D eigenvalue weighted by atomic mass is 10.0. The van der Waals surface area contributed by atoms with E-state index in [0.717, 1.165) is 17.9 Å². The summed E-state index contributed by atoms with van der Waals surface area (Å²) in [5.74, 6) is 1.82. The van der Waals surface area contributed by atoms with E-state index in [4.69, 9.17) is 9.47 Å². The molecule has 0 atom stereocenters. The van der Waals surface area contributed by atoms with Crippen LogP contribution in [0.3, 0.4) is 0 Å². The second-order valence-corrected chi connectivity index (χ2v) is 7.89. The van der Waals surface area contributed by atoms with E-state index in [1.807, 2.05) is 24.3 Å². The molecule has 2 nitrogen and oxygen atoms in total. The highest BCUT2D eigenvalue weighted by atomic mass is 16.5. The van der Waals surface area contributed by atoms with Crippen LogP contribution >= 0.6 is 0 Å². The van der Waals surface area contributed by atoms with Gasteiger partial charge in [0.25, 0.3) is 0 Å². The van der Waals surface area contributed by atoms with Gasteiger partial charge < -0.3 is 9.47 Å². The molecule has 0 aliphatic carbocycles. The van der Waals surface area contributed by atoms with Crippen LogP contribution < -0.4 is 9.47 Å². The Morgan fingerprint density at radius 1 is 0.565 bits per heavy atom. The summed E-state index contributed by atoms with van der Waals surface area (Å²) < 4.78 is 11.7. The normalized spacial score (nSPS) is 12.1. The first-order valence-electron chi connectivity index (χ1n) is 8.17. The highest BCUT2D eigenvalue weighted by molar-refractivity contribution is 5.34. The minimum Gasteiger partial charge on any atom is -0.488 e. The van der Waals surface area contributed by atoms with Gasteiger partial charge in [0.15, 0.2) is 0 Å². The van der Waals surface area contributed by atoms with Gasteiger partial charge in [0, 0.05) is 0 Å². The molecule has 2 aromatic carbocycles. The van der Waals surface area contributed by atoms with Gasteiger partial charge in [-0.2, -0.15) is 0 Å². The lowest BCUT2D eigenvalue weighted by Gasteiger charge is -2.21. The smallest absolute Gasteiger partial charge is 0.120 e. The summed E-state index contributed by atoms with van der Waals surface area (Å²) in [7, 11) is 0. The Balaban J connectivity index is 1.99. The van der Waals surface area contributed by atoms with Gasteiger partial charge in [-0.25, -0.2) is 0 Å². The summed E-state index contributed by atoms with van der Waals surface area (Å²) in [5.41, 5.74) is 2.22. The van der Waals surface area contributed by atoms with E-state index in [2.05, 4.69) is 65.8 Å². The molecule has 0 aliphatic rings. The van der Waals surface area contributed by atoms with Gasteiger partial charge in [-0.05, 0) is 83.4 Å². The van der Waals surface area contributed by atoms with Gasteiger partial charge in [-0.15, -0.1) is 0 Å². The van der Waals surface area contributed by atoms with Crippen LogP contribution in [0.15, 0.2) is 48.5 Å². The molecule has 0 saturated heterocycles. The van der Waals surface area contributed by atoms with Crippen molar-refractivity contribution in [3.63, 3.8) is 0 Å². The van der Waals surface area contributed by atoms with Crippen LogP contribution in [-0.2, 0) is 6.42 Å². The van der Waals surface area contributed by atoms with E-state index in [1.54, 1.807) is 0 Å². The molecule has 124 valence electrons. The molecule has 2 aromatic rings. The fraction of sp³-hybridized carbons (Fsp3) is 0.429. The van der Waals surface area contributed by atoms with Crippen LogP contribution in [0.5, 0.6) is 11.5 Å². The van der Waals surface area contributed by atoms with Crippen molar-refractivity contribution in [3.8, 4) is 11.5 Å². The highest BCUT2D eigenvalue weighted by Gasteiger charge is 2.12. The van der Waals surface area contributed by atoms with Gasteiger partial charge >= 0.3 is 0 Å². The molecule has 0 fully saturated rings. The van der Waals surface area contributed by atoms with Crippen molar-refractivity contribution in [3.05, 3.63) is 59.7 Å². The minimum absolute atomic E-state index is 0.162. The maximum Gasteiger partial charge on any atom is 0.120 e. The zero-order valence-corrected chi connectivity index (χ0v) is 15.1. The van der Waals surface area contributed by atoms with E-state index in [-0.39, 0.29) is 11.2 Å². The highest BCUT2D eigenvalue weighted by Crippen LogP contribution is 2.22. The number of rotatable bonds is 4. The zero-order chi connectivity index (χ0) is 17.1. The molecular formula is C21H28O2. The van der Waals surface area contributed by atoms with Gasteiger partial charge in [0.2, 0.25) is 0 Å². The summed E-state index contributed by atoms with van der Waals surface area (Å²) in [5, 5.41) is 0. The van der Waals surface area contributed by atoms with Crippen LogP contribution in [-0.4, -0.2) is 11.2 Å². The number of ether oxygens (including phenoxy) is 2. The van der Waals surface area contributed by atoms with Crippen molar-refractivity contribution < 1.29 is 9.47 Å². The first-order valence-corrected chi connectivity index (χ1v) is 8.17. The molecule has 0 unspecified atom stereocenters. The van der Waals surface area contributed by atoms with E-state index in [9.17, 15) is 0 Å². The Kier molecular flexibility index (Phi) is 5.03. The molecule has 0 saturated carbocycles. The quantitative estimate of drug-likeness (QED) is 0.728. The van der Waals surface area contributed by atoms with Crippen molar-refractivity contribution in [1.29, 1.82) is 0 Å². The Hall–Kier alpha value is -1.96. The standard InChI is InChI=1S/C21H28O2/c1-20(2,3)22-18-11-7-16(8-12-18)15-17-9-13-19(14-10-17)23-21(4,5)6/h7-14H,15H2,1-6H3. The topological polar surface area (TPSA) is 18.5 Å². The van der Waals surface area contributed by atoms with Crippen LogP contribution in [0.1, 0.15) is 52.7 Å². The maximum absolute atomic E-state index is 5.85. The van der Waals surface area contributed by atoms with E-state index in [0.29, 0.717) is 0 Å². The van der Waals surface area contributed by atoms with E-state index < -0.39 is 0 Å². The molecule has 0 spiro atoms. The van der Waals surface area contributed by atoms with Gasteiger partial charge in [0.1, 0.15) is 22.7 Å². The first-order chi connectivity index (χ1) is 10.6. The van der Waals surface area contributed by atoms with E-state index in [1.165, 1.54) is 11.1 Å². The summed E-state index contributed by atoms with van der Waals surface area (Å²) in [4.78, 5) is 0. The third-order valence-corrected chi connectivity index (χ3v) is 3.10. The molecule has 0 bridgehead atoms. The maximum atomic E-state index is 5.85. The fourth-order valence-electron chi connectivity index (χ4n) is 2.29. The van der Waals surface area contributed by atoms with Crippen LogP contribution in [0.4, 0.5) is 0 Å². The fourth-order valence-corrected chi connectivity index (χ4v) is 2.29. The SMILES string of the molecule is CC(C)(C)Oc1ccc(Cc2ccc(OC(C)(C)C)cc2)cc1. The van der Waals surface area contributed by atoms with Crippen molar-refractivity contribution in [2.45, 2.75) is 59.2 Å². The summed E-state index contributed by atoms with van der Waals surface area (Å²) in [6.45, 7) is 12.3. The summed E-state index contributed by atoms with van der Waals surface area (Å²) >= 11 is 0. The molecule has 0 N–H and O–H groups in total. The molecule has 2 heteroatoms. The lowest BCUT2D eigenvalue weighted by molar-refractivity contribution is 0.130. The molecule has 0 heterocycles. The predicted molar refractivity (Wildman–Crippen MR) is 96.5 cm³/mol. The Morgan fingerprint density at radius 3 is 1.13 bits per heavy atom. The molecule has 0 aromatic heterocycles. The van der Waals surface area contributed by atoms with Gasteiger partial charge in [-0.1, -0.05) is 24.3 Å². The zero-order valence-electron chi connectivity index (χ0n) is 15.1. The molecule has 0 aliphatic heterocycles.